The fourth-order valence-corrected chi connectivity index (χ4v) is 4.00. The number of carboxylic acids is 1. The number of hydrogen-bond donors (Lipinski definition) is 1. The molecule has 20 heavy (non-hydrogen) atoms. The molecule has 1 N–H and O–H groups in total. The Morgan fingerprint density at radius 2 is 2.05 bits per heavy atom. The van der Waals surface area contributed by atoms with Gasteiger partial charge in [0.2, 0.25) is 10.0 Å². The maximum Gasteiger partial charge on any atom is 0.308 e. The summed E-state index contributed by atoms with van der Waals surface area (Å²) >= 11 is 0. The lowest BCUT2D eigenvalue weighted by Gasteiger charge is -2.15. The molecule has 1 fully saturated rings. The van der Waals surface area contributed by atoms with E-state index in [-0.39, 0.29) is 24.8 Å². The molecule has 1 aliphatic heterocycles. The van der Waals surface area contributed by atoms with E-state index in [0.717, 1.165) is 5.56 Å². The molecule has 1 saturated heterocycles. The summed E-state index contributed by atoms with van der Waals surface area (Å²) in [7, 11) is -3.41. The number of aliphatic carboxylic acids is 1. The van der Waals surface area contributed by atoms with Gasteiger partial charge in [0.15, 0.2) is 0 Å². The fraction of sp³-hybridized carbons (Fsp3) is 0.538. The summed E-state index contributed by atoms with van der Waals surface area (Å²) in [4.78, 5) is 14.9. The third-order valence-corrected chi connectivity index (χ3v) is 5.49. The SMILES string of the molecule is CC1CN(S(=O)(=O)CCc2ccncc2)CC1C(=O)O. The maximum absolute atomic E-state index is 12.2. The molecule has 1 aromatic heterocycles. The Bertz CT molecular complexity index is 573. The van der Waals surface area contributed by atoms with Crippen LogP contribution in [0.25, 0.3) is 0 Å². The van der Waals surface area contributed by atoms with Gasteiger partial charge in [0, 0.05) is 25.5 Å². The molecule has 0 saturated carbocycles. The third-order valence-electron chi connectivity index (χ3n) is 3.69. The molecule has 6 nitrogen and oxygen atoms in total. The first-order chi connectivity index (χ1) is 9.40. The minimum atomic E-state index is -3.41. The molecule has 110 valence electrons. The van der Waals surface area contributed by atoms with Crippen molar-refractivity contribution >= 4 is 16.0 Å². The molecule has 1 aliphatic rings. The zero-order valence-electron chi connectivity index (χ0n) is 11.3. The summed E-state index contributed by atoms with van der Waals surface area (Å²) in [6.07, 6.45) is 3.66. The molecule has 0 spiro atoms. The van der Waals surface area contributed by atoms with Crippen LogP contribution in [0.5, 0.6) is 0 Å². The zero-order chi connectivity index (χ0) is 14.8. The van der Waals surface area contributed by atoms with Gasteiger partial charge in [0.25, 0.3) is 0 Å². The molecule has 0 amide bonds. The van der Waals surface area contributed by atoms with Crippen LogP contribution < -0.4 is 0 Å². The lowest BCUT2D eigenvalue weighted by molar-refractivity contribution is -0.142. The second-order valence-corrected chi connectivity index (χ2v) is 7.25. The van der Waals surface area contributed by atoms with Crippen LogP contribution in [0.4, 0.5) is 0 Å². The Morgan fingerprint density at radius 3 is 2.60 bits per heavy atom. The topological polar surface area (TPSA) is 87.6 Å². The number of carboxylic acid groups (broad SMARTS) is 1. The summed E-state index contributed by atoms with van der Waals surface area (Å²) < 4.78 is 25.8. The standard InChI is InChI=1S/C13H18N2O4S/c1-10-8-15(9-12(10)13(16)17)20(18,19)7-4-11-2-5-14-6-3-11/h2-3,5-6,10,12H,4,7-9H2,1H3,(H,16,17). The number of rotatable bonds is 5. The van der Waals surface area contributed by atoms with Crippen LogP contribution in [-0.4, -0.2) is 47.6 Å². The van der Waals surface area contributed by atoms with Gasteiger partial charge in [0.05, 0.1) is 11.7 Å². The number of pyridine rings is 1. The second kappa shape index (κ2) is 5.88. The average Bonchev–Trinajstić information content (AvgIpc) is 2.81. The molecule has 0 bridgehead atoms. The maximum atomic E-state index is 12.2. The number of aryl methyl sites for hydroxylation is 1. The van der Waals surface area contributed by atoms with E-state index in [2.05, 4.69) is 4.98 Å². The van der Waals surface area contributed by atoms with Crippen LogP contribution in [-0.2, 0) is 21.2 Å². The lowest BCUT2D eigenvalue weighted by atomic mass is 9.99. The minimum absolute atomic E-state index is 0.00390. The molecule has 2 heterocycles. The van der Waals surface area contributed by atoms with Crippen molar-refractivity contribution in [1.82, 2.24) is 9.29 Å². The highest BCUT2D eigenvalue weighted by Gasteiger charge is 2.39. The van der Waals surface area contributed by atoms with Gasteiger partial charge in [-0.3, -0.25) is 9.78 Å². The first-order valence-corrected chi connectivity index (χ1v) is 8.10. The van der Waals surface area contributed by atoms with E-state index in [1.807, 2.05) is 0 Å². The summed E-state index contributed by atoms with van der Waals surface area (Å²) in [6.45, 7) is 2.14. The van der Waals surface area contributed by atoms with Crippen molar-refractivity contribution in [3.63, 3.8) is 0 Å². The Kier molecular flexibility index (Phi) is 4.39. The Labute approximate surface area is 118 Å². The first-order valence-electron chi connectivity index (χ1n) is 6.49. The van der Waals surface area contributed by atoms with Gasteiger partial charge in [-0.25, -0.2) is 12.7 Å². The molecule has 0 aromatic carbocycles. The zero-order valence-corrected chi connectivity index (χ0v) is 12.1. The predicted molar refractivity (Wildman–Crippen MR) is 73.6 cm³/mol. The monoisotopic (exact) mass is 298 g/mol. The number of aromatic nitrogens is 1. The normalized spacial score (nSPS) is 23.9. The number of carbonyl (C=O) groups is 1. The molecular formula is C13H18N2O4S. The van der Waals surface area contributed by atoms with Crippen molar-refractivity contribution in [2.75, 3.05) is 18.8 Å². The van der Waals surface area contributed by atoms with E-state index < -0.39 is 21.9 Å². The molecule has 0 radical (unpaired) electrons. The van der Waals surface area contributed by atoms with E-state index >= 15 is 0 Å². The van der Waals surface area contributed by atoms with Crippen molar-refractivity contribution in [2.45, 2.75) is 13.3 Å². The van der Waals surface area contributed by atoms with Crippen LogP contribution in [0, 0.1) is 11.8 Å². The van der Waals surface area contributed by atoms with Gasteiger partial charge in [-0.1, -0.05) is 6.92 Å². The number of hydrogen-bond acceptors (Lipinski definition) is 4. The highest BCUT2D eigenvalue weighted by molar-refractivity contribution is 7.89. The summed E-state index contributed by atoms with van der Waals surface area (Å²) in [5.74, 6) is -1.69. The summed E-state index contributed by atoms with van der Waals surface area (Å²) in [5.41, 5.74) is 0.908. The van der Waals surface area contributed by atoms with Gasteiger partial charge < -0.3 is 5.11 Å². The molecule has 0 aliphatic carbocycles. The van der Waals surface area contributed by atoms with Gasteiger partial charge in [-0.2, -0.15) is 0 Å². The first kappa shape index (κ1) is 14.9. The van der Waals surface area contributed by atoms with Crippen LogP contribution in [0.1, 0.15) is 12.5 Å². The summed E-state index contributed by atoms with van der Waals surface area (Å²) in [6, 6.07) is 3.56. The number of sulfonamides is 1. The molecule has 2 unspecified atom stereocenters. The Balaban J connectivity index is 1.99. The van der Waals surface area contributed by atoms with Crippen molar-refractivity contribution in [3.8, 4) is 0 Å². The smallest absolute Gasteiger partial charge is 0.308 e. The van der Waals surface area contributed by atoms with Crippen LogP contribution >= 0.6 is 0 Å². The van der Waals surface area contributed by atoms with Crippen molar-refractivity contribution in [1.29, 1.82) is 0 Å². The van der Waals surface area contributed by atoms with Crippen LogP contribution in [0.3, 0.4) is 0 Å². The van der Waals surface area contributed by atoms with E-state index in [0.29, 0.717) is 6.42 Å². The Hall–Kier alpha value is -1.47. The minimum Gasteiger partial charge on any atom is -0.481 e. The van der Waals surface area contributed by atoms with Crippen molar-refractivity contribution < 1.29 is 18.3 Å². The highest BCUT2D eigenvalue weighted by atomic mass is 32.2. The Morgan fingerprint density at radius 1 is 1.40 bits per heavy atom. The largest absolute Gasteiger partial charge is 0.481 e. The molecule has 2 atom stereocenters. The van der Waals surface area contributed by atoms with Crippen LogP contribution in [0.15, 0.2) is 24.5 Å². The predicted octanol–water partition coefficient (Wildman–Crippen LogP) is 0.606. The van der Waals surface area contributed by atoms with E-state index in [9.17, 15) is 13.2 Å². The molecular weight excluding hydrogens is 280 g/mol. The van der Waals surface area contributed by atoms with Gasteiger partial charge in [0.1, 0.15) is 0 Å². The second-order valence-electron chi connectivity index (χ2n) is 5.16. The van der Waals surface area contributed by atoms with E-state index in [4.69, 9.17) is 5.11 Å². The third kappa shape index (κ3) is 3.34. The lowest BCUT2D eigenvalue weighted by Crippen LogP contribution is -2.32. The van der Waals surface area contributed by atoms with Gasteiger partial charge in [-0.15, -0.1) is 0 Å². The van der Waals surface area contributed by atoms with Crippen molar-refractivity contribution in [3.05, 3.63) is 30.1 Å². The molecule has 1 aromatic rings. The fourth-order valence-electron chi connectivity index (χ4n) is 2.40. The quantitative estimate of drug-likeness (QED) is 0.860. The highest BCUT2D eigenvalue weighted by Crippen LogP contribution is 2.25. The summed E-state index contributed by atoms with van der Waals surface area (Å²) in [5, 5.41) is 9.05. The van der Waals surface area contributed by atoms with Gasteiger partial charge >= 0.3 is 5.97 Å². The average molecular weight is 298 g/mol. The van der Waals surface area contributed by atoms with Gasteiger partial charge in [-0.05, 0) is 30.0 Å². The van der Waals surface area contributed by atoms with Crippen LogP contribution in [0.2, 0.25) is 0 Å². The van der Waals surface area contributed by atoms with E-state index in [1.165, 1.54) is 4.31 Å². The van der Waals surface area contributed by atoms with Crippen molar-refractivity contribution in [2.24, 2.45) is 11.8 Å². The van der Waals surface area contributed by atoms with E-state index in [1.54, 1.807) is 31.5 Å². The molecule has 7 heteroatoms. The number of nitrogens with zero attached hydrogens (tertiary/aromatic N) is 2. The molecule has 2 rings (SSSR count).